The summed E-state index contributed by atoms with van der Waals surface area (Å²) in [5.74, 6) is -1.61. The number of unbranched alkanes of at least 4 members (excludes halogenated alkanes) is 1. The molecule has 0 spiro atoms. The Hall–Kier alpha value is -2.03. The number of nitrogens with zero attached hydrogens (tertiary/aromatic N) is 2. The molecule has 0 aromatic carbocycles. The van der Waals surface area contributed by atoms with E-state index in [0.717, 1.165) is 18.9 Å². The molecule has 22 heavy (non-hydrogen) atoms. The van der Waals surface area contributed by atoms with E-state index >= 15 is 0 Å². The maximum atomic E-state index is 11.6. The molecule has 1 N–H and O–H groups in total. The minimum Gasteiger partial charge on any atom is -0.545 e. The molecule has 1 heterocycles. The van der Waals surface area contributed by atoms with E-state index in [1.165, 1.54) is 0 Å². The molecule has 0 saturated carbocycles. The number of aliphatic carboxylic acids is 1. The molecule has 2 aliphatic rings. The van der Waals surface area contributed by atoms with Crippen LogP contribution in [0.1, 0.15) is 32.6 Å². The van der Waals surface area contributed by atoms with Crippen molar-refractivity contribution < 1.29 is 24.6 Å². The number of carbonyl (C=O) groups excluding carboxylic acids is 1. The minimum absolute atomic E-state index is 0.0462. The number of nitrogens with one attached hydrogen (secondary N) is 1. The molecule has 1 aliphatic heterocycles. The van der Waals surface area contributed by atoms with Gasteiger partial charge in [-0.25, -0.2) is 0 Å². The molecule has 1 fully saturated rings. The van der Waals surface area contributed by atoms with Crippen molar-refractivity contribution in [3.8, 4) is 0 Å². The van der Waals surface area contributed by atoms with E-state index < -0.39 is 32.5 Å². The smallest absolute Gasteiger partial charge is 0.303 e. The number of carboxylic acid groups (broad SMARTS) is 1. The standard InChI is InChI=1S/C13H19N3O6/c1-2-3-6-14-8-12(15(19)20)5-4-10(11(17)18)13(7-12,9-14)16(21)22/h4H,2-3,5-9H2,1H3,(H,17,18)/t12-,13+/m0/s1. The molecule has 0 radical (unpaired) electrons. The van der Waals surface area contributed by atoms with Gasteiger partial charge in [0.05, 0.1) is 18.1 Å². The number of piperidine rings is 1. The average molecular weight is 313 g/mol. The highest BCUT2D eigenvalue weighted by atomic mass is 16.6. The van der Waals surface area contributed by atoms with Gasteiger partial charge in [-0.05, 0) is 6.42 Å². The van der Waals surface area contributed by atoms with Crippen LogP contribution in [0.5, 0.6) is 0 Å². The van der Waals surface area contributed by atoms with Crippen LogP contribution in [-0.4, -0.2) is 46.5 Å². The van der Waals surface area contributed by atoms with Gasteiger partial charge in [-0.15, -0.1) is 0 Å². The number of nitro groups is 2. The third-order valence-electron chi connectivity index (χ3n) is 4.77. The van der Waals surface area contributed by atoms with Crippen LogP contribution in [0.25, 0.3) is 0 Å². The quantitative estimate of drug-likeness (QED) is 0.454. The van der Waals surface area contributed by atoms with Gasteiger partial charge in [-0.2, -0.15) is 0 Å². The summed E-state index contributed by atoms with van der Waals surface area (Å²) in [6.45, 7) is 2.66. The van der Waals surface area contributed by atoms with Crippen molar-refractivity contribution in [1.82, 2.24) is 0 Å². The molecule has 2 rings (SSSR count). The lowest BCUT2D eigenvalue weighted by molar-refractivity contribution is -0.943. The molecule has 0 amide bonds. The number of carbonyl (C=O) groups is 1. The van der Waals surface area contributed by atoms with Crippen molar-refractivity contribution in [3.05, 3.63) is 31.9 Å². The van der Waals surface area contributed by atoms with Crippen molar-refractivity contribution in [2.24, 2.45) is 0 Å². The molecule has 122 valence electrons. The summed E-state index contributed by atoms with van der Waals surface area (Å²) < 4.78 is 0. The molecular weight excluding hydrogens is 294 g/mol. The first kappa shape index (κ1) is 16.3. The Balaban J connectivity index is 2.49. The summed E-state index contributed by atoms with van der Waals surface area (Å²) in [5, 5.41) is 34.4. The first-order valence-electron chi connectivity index (χ1n) is 7.32. The molecule has 0 aromatic rings. The second-order valence-corrected chi connectivity index (χ2v) is 6.26. The lowest BCUT2D eigenvalue weighted by Gasteiger charge is -2.44. The topological polar surface area (TPSA) is 131 Å². The van der Waals surface area contributed by atoms with Crippen LogP contribution >= 0.6 is 0 Å². The fourth-order valence-corrected chi connectivity index (χ4v) is 3.74. The van der Waals surface area contributed by atoms with E-state index in [1.807, 2.05) is 6.92 Å². The van der Waals surface area contributed by atoms with Crippen molar-refractivity contribution >= 4 is 5.97 Å². The number of carboxylic acids is 1. The van der Waals surface area contributed by atoms with Gasteiger partial charge < -0.3 is 14.8 Å². The van der Waals surface area contributed by atoms with Crippen molar-refractivity contribution in [2.45, 2.75) is 43.7 Å². The highest BCUT2D eigenvalue weighted by Crippen LogP contribution is 2.40. The van der Waals surface area contributed by atoms with Gasteiger partial charge in [-0.3, -0.25) is 20.2 Å². The summed E-state index contributed by atoms with van der Waals surface area (Å²) in [4.78, 5) is 34.0. The number of hydrogen-bond donors (Lipinski definition) is 1. The molecule has 1 unspecified atom stereocenters. The zero-order valence-electron chi connectivity index (χ0n) is 12.4. The van der Waals surface area contributed by atoms with Crippen LogP contribution in [0.4, 0.5) is 0 Å². The number of rotatable bonds is 6. The minimum atomic E-state index is -1.93. The van der Waals surface area contributed by atoms with Crippen molar-refractivity contribution in [2.75, 3.05) is 19.6 Å². The first-order chi connectivity index (χ1) is 10.3. The monoisotopic (exact) mass is 313 g/mol. The van der Waals surface area contributed by atoms with E-state index in [0.29, 0.717) is 11.4 Å². The van der Waals surface area contributed by atoms with Gasteiger partial charge in [0.25, 0.3) is 5.54 Å². The summed E-state index contributed by atoms with van der Waals surface area (Å²) in [6, 6.07) is 0. The number of hydrogen-bond acceptors (Lipinski definition) is 6. The van der Waals surface area contributed by atoms with E-state index in [9.17, 15) is 30.1 Å². The Morgan fingerprint density at radius 2 is 2.00 bits per heavy atom. The Morgan fingerprint density at radius 3 is 2.50 bits per heavy atom. The Morgan fingerprint density at radius 1 is 1.32 bits per heavy atom. The van der Waals surface area contributed by atoms with Crippen molar-refractivity contribution in [1.29, 1.82) is 0 Å². The SMILES string of the molecule is CCCC[NH+]1C[C@]2([N+](=O)[O-])CC=C(C(=O)[O-])[C@]([N+](=O)[O-])(C1)C2. The first-order valence-corrected chi connectivity index (χ1v) is 7.32. The second kappa shape index (κ2) is 5.64. The van der Waals surface area contributed by atoms with Gasteiger partial charge in [-0.1, -0.05) is 19.4 Å². The van der Waals surface area contributed by atoms with Gasteiger partial charge in [0.2, 0.25) is 0 Å². The van der Waals surface area contributed by atoms with Crippen LogP contribution in [0.3, 0.4) is 0 Å². The van der Waals surface area contributed by atoms with Gasteiger partial charge >= 0.3 is 5.54 Å². The molecule has 9 heteroatoms. The number of likely N-dealkylation sites (tertiary alicyclic amines) is 1. The predicted molar refractivity (Wildman–Crippen MR) is 72.2 cm³/mol. The highest BCUT2D eigenvalue weighted by molar-refractivity contribution is 5.87. The Kier molecular flexibility index (Phi) is 4.19. The third-order valence-corrected chi connectivity index (χ3v) is 4.77. The van der Waals surface area contributed by atoms with Crippen LogP contribution < -0.4 is 10.0 Å². The maximum absolute atomic E-state index is 11.6. The fourth-order valence-electron chi connectivity index (χ4n) is 3.74. The van der Waals surface area contributed by atoms with Crippen LogP contribution in [0.15, 0.2) is 11.6 Å². The summed E-state index contributed by atoms with van der Waals surface area (Å²) in [5.41, 5.74) is -3.80. The van der Waals surface area contributed by atoms with Gasteiger partial charge in [0.1, 0.15) is 13.0 Å². The third kappa shape index (κ3) is 2.45. The maximum Gasteiger partial charge on any atom is 0.303 e. The fraction of sp³-hybridized carbons (Fsp3) is 0.769. The number of fused-ring (bicyclic) bond motifs is 2. The highest BCUT2D eigenvalue weighted by Gasteiger charge is 2.68. The average Bonchev–Trinajstić information content (AvgIpc) is 2.44. The predicted octanol–water partition coefficient (Wildman–Crippen LogP) is -1.81. The van der Waals surface area contributed by atoms with Crippen LogP contribution in [-0.2, 0) is 4.79 Å². The lowest BCUT2D eigenvalue weighted by Crippen LogP contribution is -3.18. The van der Waals surface area contributed by atoms with E-state index in [4.69, 9.17) is 0 Å². The molecule has 1 aliphatic carbocycles. The van der Waals surface area contributed by atoms with E-state index in [-0.39, 0.29) is 25.9 Å². The molecule has 3 atom stereocenters. The molecule has 9 nitrogen and oxygen atoms in total. The second-order valence-electron chi connectivity index (χ2n) is 6.26. The largest absolute Gasteiger partial charge is 0.545 e. The molecular formula is C13H19N3O6. The normalized spacial score (nSPS) is 33.9. The van der Waals surface area contributed by atoms with E-state index in [1.54, 1.807) is 0 Å². The lowest BCUT2D eigenvalue weighted by atomic mass is 9.68. The van der Waals surface area contributed by atoms with Gasteiger partial charge in [0.15, 0.2) is 6.54 Å². The molecule has 0 aromatic heterocycles. The van der Waals surface area contributed by atoms with Crippen molar-refractivity contribution in [3.63, 3.8) is 0 Å². The summed E-state index contributed by atoms with van der Waals surface area (Å²) >= 11 is 0. The zero-order valence-corrected chi connectivity index (χ0v) is 12.4. The Bertz CT molecular complexity index is 548. The molecule has 1 saturated heterocycles. The summed E-state index contributed by atoms with van der Waals surface area (Å²) in [6.07, 6.45) is 2.29. The Labute approximate surface area is 126 Å². The number of quaternary nitrogens is 1. The van der Waals surface area contributed by atoms with E-state index in [2.05, 4.69) is 0 Å². The zero-order chi connectivity index (χ0) is 16.5. The van der Waals surface area contributed by atoms with Crippen LogP contribution in [0, 0.1) is 20.2 Å². The molecule has 2 bridgehead atoms. The summed E-state index contributed by atoms with van der Waals surface area (Å²) in [7, 11) is 0. The van der Waals surface area contributed by atoms with Gasteiger partial charge in [0, 0.05) is 16.3 Å². The van der Waals surface area contributed by atoms with Crippen LogP contribution in [0.2, 0.25) is 0 Å².